The van der Waals surface area contributed by atoms with Crippen molar-refractivity contribution in [3.63, 3.8) is 0 Å². The van der Waals surface area contributed by atoms with Crippen LogP contribution in [0.3, 0.4) is 0 Å². The minimum Gasteiger partial charge on any atom is -0.395 e. The smallest absolute Gasteiger partial charge is 0.224 e. The molecule has 1 rings (SSSR count). The van der Waals surface area contributed by atoms with E-state index in [1.54, 1.807) is 13.3 Å². The van der Waals surface area contributed by atoms with Gasteiger partial charge < -0.3 is 20.1 Å². The van der Waals surface area contributed by atoms with Crippen LogP contribution in [0, 0.1) is 0 Å². The van der Waals surface area contributed by atoms with E-state index in [2.05, 4.69) is 31.2 Å². The summed E-state index contributed by atoms with van der Waals surface area (Å²) in [6.07, 6.45) is 1.71. The van der Waals surface area contributed by atoms with Gasteiger partial charge in [0, 0.05) is 32.9 Å². The Morgan fingerprint density at radius 2 is 2.28 bits per heavy atom. The van der Waals surface area contributed by atoms with Crippen LogP contribution in [0.25, 0.3) is 0 Å². The number of aliphatic hydroxyl groups excluding tert-OH is 1. The first-order valence-electron chi connectivity index (χ1n) is 5.84. The molecule has 0 bridgehead atoms. The molecule has 102 valence electrons. The first-order chi connectivity index (χ1) is 8.72. The largest absolute Gasteiger partial charge is 0.395 e. The van der Waals surface area contributed by atoms with Gasteiger partial charge in [-0.3, -0.25) is 0 Å². The van der Waals surface area contributed by atoms with E-state index in [1.807, 2.05) is 11.8 Å². The normalized spacial score (nSPS) is 10.4. The van der Waals surface area contributed by atoms with Crippen LogP contribution in [-0.2, 0) is 4.74 Å². The summed E-state index contributed by atoms with van der Waals surface area (Å²) < 4.78 is 5.86. The molecule has 2 N–H and O–H groups in total. The van der Waals surface area contributed by atoms with Gasteiger partial charge in [-0.1, -0.05) is 0 Å². The first-order valence-corrected chi connectivity index (χ1v) is 6.63. The van der Waals surface area contributed by atoms with Gasteiger partial charge >= 0.3 is 0 Å². The predicted octanol–water partition coefficient (Wildman–Crippen LogP) is 1.12. The van der Waals surface area contributed by atoms with Gasteiger partial charge in [-0.2, -0.15) is 4.98 Å². The number of aliphatic hydroxyl groups is 1. The summed E-state index contributed by atoms with van der Waals surface area (Å²) in [5.41, 5.74) is 0. The second-order valence-corrected chi connectivity index (χ2v) is 4.45. The quantitative estimate of drug-likeness (QED) is 0.748. The van der Waals surface area contributed by atoms with Gasteiger partial charge in [0.15, 0.2) is 0 Å². The molecular formula is C11H19BrN4O2. The molecule has 6 nitrogen and oxygen atoms in total. The minimum absolute atomic E-state index is 0.0662. The van der Waals surface area contributed by atoms with E-state index in [0.717, 1.165) is 16.8 Å². The zero-order valence-corrected chi connectivity index (χ0v) is 12.3. The number of methoxy groups -OCH3 is 1. The number of hydrogen-bond acceptors (Lipinski definition) is 6. The van der Waals surface area contributed by atoms with Crippen molar-refractivity contribution in [1.29, 1.82) is 0 Å². The molecule has 18 heavy (non-hydrogen) atoms. The lowest BCUT2D eigenvalue weighted by Crippen LogP contribution is -2.31. The average molecular weight is 319 g/mol. The van der Waals surface area contributed by atoms with Crippen molar-refractivity contribution in [2.45, 2.75) is 6.92 Å². The van der Waals surface area contributed by atoms with Crippen molar-refractivity contribution < 1.29 is 9.84 Å². The maximum atomic E-state index is 9.10. The number of anilines is 2. The molecular weight excluding hydrogens is 300 g/mol. The Kier molecular flexibility index (Phi) is 6.92. The van der Waals surface area contributed by atoms with Crippen molar-refractivity contribution >= 4 is 27.7 Å². The van der Waals surface area contributed by atoms with Crippen molar-refractivity contribution in [3.8, 4) is 0 Å². The molecule has 0 aliphatic carbocycles. The Labute approximate surface area is 116 Å². The summed E-state index contributed by atoms with van der Waals surface area (Å²) >= 11 is 3.43. The molecule has 0 atom stereocenters. The zero-order valence-electron chi connectivity index (χ0n) is 10.7. The molecule has 0 aliphatic rings. The van der Waals surface area contributed by atoms with Crippen LogP contribution in [0.15, 0.2) is 10.7 Å². The van der Waals surface area contributed by atoms with Crippen LogP contribution in [-0.4, -0.2) is 55.0 Å². The van der Waals surface area contributed by atoms with Crippen LogP contribution >= 0.6 is 15.9 Å². The standard InChI is InChI=1S/C11H19BrN4O2/c1-3-13-11-14-8-9(12)10(15-11)16(4-6-17)5-7-18-2/h8,17H,3-7H2,1-2H3,(H,13,14,15). The summed E-state index contributed by atoms with van der Waals surface area (Å²) in [5, 5.41) is 12.2. The van der Waals surface area contributed by atoms with Crippen molar-refractivity contribution in [3.05, 3.63) is 10.7 Å². The number of nitrogens with zero attached hydrogens (tertiary/aromatic N) is 3. The van der Waals surface area contributed by atoms with Gasteiger partial charge in [0.25, 0.3) is 0 Å². The summed E-state index contributed by atoms with van der Waals surface area (Å²) in [7, 11) is 1.65. The van der Waals surface area contributed by atoms with Gasteiger partial charge in [0.05, 0.1) is 17.7 Å². The minimum atomic E-state index is 0.0662. The number of rotatable bonds is 8. The van der Waals surface area contributed by atoms with Crippen LogP contribution in [0.2, 0.25) is 0 Å². The van der Waals surface area contributed by atoms with Crippen molar-refractivity contribution in [2.75, 3.05) is 50.2 Å². The van der Waals surface area contributed by atoms with Crippen molar-refractivity contribution in [2.24, 2.45) is 0 Å². The number of ether oxygens (including phenoxy) is 1. The molecule has 7 heteroatoms. The molecule has 0 amide bonds. The maximum Gasteiger partial charge on any atom is 0.224 e. The topological polar surface area (TPSA) is 70.5 Å². The van der Waals surface area contributed by atoms with E-state index in [1.165, 1.54) is 0 Å². The fourth-order valence-corrected chi connectivity index (χ4v) is 1.91. The Bertz CT molecular complexity index is 365. The molecule has 0 unspecified atom stereocenters. The fourth-order valence-electron chi connectivity index (χ4n) is 1.47. The molecule has 0 fully saturated rings. The van der Waals surface area contributed by atoms with E-state index in [-0.39, 0.29) is 6.61 Å². The van der Waals surface area contributed by atoms with Gasteiger partial charge in [-0.05, 0) is 22.9 Å². The zero-order chi connectivity index (χ0) is 13.4. The lowest BCUT2D eigenvalue weighted by Gasteiger charge is -2.23. The van der Waals surface area contributed by atoms with Gasteiger partial charge in [0.1, 0.15) is 5.82 Å². The molecule has 0 radical (unpaired) electrons. The third kappa shape index (κ3) is 4.40. The number of aromatic nitrogens is 2. The van der Waals surface area contributed by atoms with E-state index < -0.39 is 0 Å². The summed E-state index contributed by atoms with van der Waals surface area (Å²) in [6, 6.07) is 0. The molecule has 0 aromatic carbocycles. The highest BCUT2D eigenvalue weighted by Crippen LogP contribution is 2.23. The predicted molar refractivity (Wildman–Crippen MR) is 75.1 cm³/mol. The SMILES string of the molecule is CCNc1ncc(Br)c(N(CCO)CCOC)n1. The third-order valence-electron chi connectivity index (χ3n) is 2.30. The Balaban J connectivity index is 2.89. The Morgan fingerprint density at radius 3 is 2.89 bits per heavy atom. The third-order valence-corrected chi connectivity index (χ3v) is 2.85. The van der Waals surface area contributed by atoms with Gasteiger partial charge in [0.2, 0.25) is 5.95 Å². The van der Waals surface area contributed by atoms with E-state index >= 15 is 0 Å². The molecule has 0 saturated carbocycles. The summed E-state index contributed by atoms with van der Waals surface area (Å²) in [5.74, 6) is 1.34. The Morgan fingerprint density at radius 1 is 1.50 bits per heavy atom. The average Bonchev–Trinajstić information content (AvgIpc) is 2.37. The molecule has 1 aromatic rings. The molecule has 0 spiro atoms. The highest BCUT2D eigenvalue weighted by molar-refractivity contribution is 9.10. The maximum absolute atomic E-state index is 9.10. The summed E-state index contributed by atoms with van der Waals surface area (Å²) in [4.78, 5) is 10.5. The van der Waals surface area contributed by atoms with Crippen LogP contribution in [0.4, 0.5) is 11.8 Å². The van der Waals surface area contributed by atoms with Crippen LogP contribution in [0.1, 0.15) is 6.92 Å². The highest BCUT2D eigenvalue weighted by Gasteiger charge is 2.12. The fraction of sp³-hybridized carbons (Fsp3) is 0.636. The van der Waals surface area contributed by atoms with Crippen LogP contribution < -0.4 is 10.2 Å². The molecule has 1 aromatic heterocycles. The first kappa shape index (κ1) is 15.1. The van der Waals surface area contributed by atoms with E-state index in [9.17, 15) is 0 Å². The highest BCUT2D eigenvalue weighted by atomic mass is 79.9. The van der Waals surface area contributed by atoms with Crippen LogP contribution in [0.5, 0.6) is 0 Å². The summed E-state index contributed by atoms with van der Waals surface area (Å²) in [6.45, 7) is 4.56. The molecule has 0 aliphatic heterocycles. The van der Waals surface area contributed by atoms with Gasteiger partial charge in [-0.15, -0.1) is 0 Å². The van der Waals surface area contributed by atoms with Gasteiger partial charge in [-0.25, -0.2) is 4.98 Å². The number of hydrogen-bond donors (Lipinski definition) is 2. The number of nitrogens with one attached hydrogen (secondary N) is 1. The van der Waals surface area contributed by atoms with Crippen molar-refractivity contribution in [1.82, 2.24) is 9.97 Å². The Hall–Kier alpha value is -0.920. The van der Waals surface area contributed by atoms with E-state index in [4.69, 9.17) is 9.84 Å². The second-order valence-electron chi connectivity index (χ2n) is 3.60. The monoisotopic (exact) mass is 318 g/mol. The number of halogens is 1. The van der Waals surface area contributed by atoms with E-state index in [0.29, 0.717) is 25.6 Å². The second kappa shape index (κ2) is 8.23. The lowest BCUT2D eigenvalue weighted by atomic mass is 10.4. The molecule has 0 saturated heterocycles. The lowest BCUT2D eigenvalue weighted by molar-refractivity contribution is 0.202. The molecule has 1 heterocycles.